The van der Waals surface area contributed by atoms with Gasteiger partial charge in [-0.15, -0.1) is 11.3 Å². The van der Waals surface area contributed by atoms with E-state index in [-0.39, 0.29) is 16.3 Å². The Morgan fingerprint density at radius 1 is 1.17 bits per heavy atom. The van der Waals surface area contributed by atoms with Crippen LogP contribution in [0.3, 0.4) is 0 Å². The van der Waals surface area contributed by atoms with Crippen LogP contribution < -0.4 is 10.6 Å². The molecule has 0 aliphatic rings. The van der Waals surface area contributed by atoms with Crippen LogP contribution in [0.2, 0.25) is 0 Å². The minimum atomic E-state index is -4.50. The van der Waals surface area contributed by atoms with Gasteiger partial charge in [-0.05, 0) is 29.6 Å². The Bertz CT molecular complexity index is 728. The summed E-state index contributed by atoms with van der Waals surface area (Å²) in [5.41, 5.74) is -0.681. The SMILES string of the molecule is COC(=O)c1sccc1NC(=O)Nc1cccc(C(F)(F)F)c1. The van der Waals surface area contributed by atoms with Gasteiger partial charge in [0.05, 0.1) is 18.4 Å². The van der Waals surface area contributed by atoms with Crippen molar-refractivity contribution in [2.75, 3.05) is 17.7 Å². The van der Waals surface area contributed by atoms with Gasteiger partial charge in [0.2, 0.25) is 0 Å². The molecule has 23 heavy (non-hydrogen) atoms. The van der Waals surface area contributed by atoms with E-state index in [1.807, 2.05) is 0 Å². The van der Waals surface area contributed by atoms with E-state index in [1.165, 1.54) is 25.3 Å². The van der Waals surface area contributed by atoms with E-state index in [1.54, 1.807) is 5.38 Å². The zero-order valence-corrected chi connectivity index (χ0v) is 12.5. The van der Waals surface area contributed by atoms with Crippen LogP contribution in [0.4, 0.5) is 29.3 Å². The van der Waals surface area contributed by atoms with Crippen molar-refractivity contribution in [3.8, 4) is 0 Å². The zero-order valence-electron chi connectivity index (χ0n) is 11.7. The Balaban J connectivity index is 2.09. The summed E-state index contributed by atoms with van der Waals surface area (Å²) in [5, 5.41) is 6.25. The molecule has 2 rings (SSSR count). The molecule has 0 saturated carbocycles. The molecule has 1 aromatic heterocycles. The largest absolute Gasteiger partial charge is 0.465 e. The first-order valence-corrected chi connectivity index (χ1v) is 7.10. The molecule has 0 bridgehead atoms. The second kappa shape index (κ2) is 6.69. The van der Waals surface area contributed by atoms with E-state index in [9.17, 15) is 22.8 Å². The summed E-state index contributed by atoms with van der Waals surface area (Å²) in [6, 6.07) is 4.94. The molecule has 2 N–H and O–H groups in total. The van der Waals surface area contributed by atoms with E-state index in [4.69, 9.17) is 0 Å². The number of benzene rings is 1. The number of carbonyl (C=O) groups is 2. The van der Waals surface area contributed by atoms with E-state index in [0.29, 0.717) is 0 Å². The number of alkyl halides is 3. The zero-order chi connectivity index (χ0) is 17.0. The molecule has 0 saturated heterocycles. The van der Waals surface area contributed by atoms with Crippen LogP contribution >= 0.6 is 11.3 Å². The van der Waals surface area contributed by atoms with Crippen LogP contribution in [0, 0.1) is 0 Å². The number of hydrogen-bond donors (Lipinski definition) is 2. The maximum atomic E-state index is 12.6. The van der Waals surface area contributed by atoms with Crippen molar-refractivity contribution in [2.24, 2.45) is 0 Å². The van der Waals surface area contributed by atoms with Gasteiger partial charge < -0.3 is 15.4 Å². The van der Waals surface area contributed by atoms with Gasteiger partial charge in [0.15, 0.2) is 0 Å². The number of rotatable bonds is 3. The lowest BCUT2D eigenvalue weighted by molar-refractivity contribution is -0.137. The lowest BCUT2D eigenvalue weighted by Gasteiger charge is -2.10. The minimum Gasteiger partial charge on any atom is -0.465 e. The molecular weight excluding hydrogens is 333 g/mol. The van der Waals surface area contributed by atoms with Crippen LogP contribution in [0.15, 0.2) is 35.7 Å². The molecule has 0 aliphatic carbocycles. The maximum Gasteiger partial charge on any atom is 0.416 e. The maximum absolute atomic E-state index is 12.6. The standard InChI is InChI=1S/C14H11F3N2O3S/c1-22-12(20)11-10(5-6-23-11)19-13(21)18-9-4-2-3-8(7-9)14(15,16)17/h2-7H,1H3,(H2,18,19,21). The molecule has 2 amide bonds. The number of hydrogen-bond acceptors (Lipinski definition) is 4. The smallest absolute Gasteiger partial charge is 0.416 e. The first kappa shape index (κ1) is 16.8. The fourth-order valence-electron chi connectivity index (χ4n) is 1.72. The number of carbonyl (C=O) groups excluding carboxylic acids is 2. The predicted molar refractivity (Wildman–Crippen MR) is 79.7 cm³/mol. The van der Waals surface area contributed by atoms with Gasteiger partial charge in [0.25, 0.3) is 0 Å². The van der Waals surface area contributed by atoms with Gasteiger partial charge in [-0.2, -0.15) is 13.2 Å². The highest BCUT2D eigenvalue weighted by Gasteiger charge is 2.30. The fraction of sp³-hybridized carbons (Fsp3) is 0.143. The molecule has 0 fully saturated rings. The van der Waals surface area contributed by atoms with Crippen LogP contribution in [-0.2, 0) is 10.9 Å². The van der Waals surface area contributed by atoms with Gasteiger partial charge >= 0.3 is 18.2 Å². The molecule has 122 valence electrons. The summed E-state index contributed by atoms with van der Waals surface area (Å²) in [5.74, 6) is -0.616. The average Bonchev–Trinajstić information content (AvgIpc) is 2.93. The lowest BCUT2D eigenvalue weighted by atomic mass is 10.2. The molecule has 1 heterocycles. The van der Waals surface area contributed by atoms with Crippen molar-refractivity contribution in [3.63, 3.8) is 0 Å². The molecule has 0 atom stereocenters. The number of urea groups is 1. The second-order valence-electron chi connectivity index (χ2n) is 4.31. The number of halogens is 3. The number of ether oxygens (including phenoxy) is 1. The quantitative estimate of drug-likeness (QED) is 0.820. The van der Waals surface area contributed by atoms with Gasteiger partial charge in [-0.25, -0.2) is 9.59 Å². The third-order valence-electron chi connectivity index (χ3n) is 2.73. The van der Waals surface area contributed by atoms with E-state index >= 15 is 0 Å². The average molecular weight is 344 g/mol. The molecule has 2 aromatic rings. The molecule has 0 aliphatic heterocycles. The summed E-state index contributed by atoms with van der Waals surface area (Å²) in [6.07, 6.45) is -4.50. The van der Waals surface area contributed by atoms with Crippen molar-refractivity contribution in [2.45, 2.75) is 6.18 Å². The Kier molecular flexibility index (Phi) is 4.89. The first-order valence-electron chi connectivity index (χ1n) is 6.22. The molecule has 0 spiro atoms. The number of methoxy groups -OCH3 is 1. The second-order valence-corrected chi connectivity index (χ2v) is 5.23. The predicted octanol–water partition coefficient (Wildman–Crippen LogP) is 4.20. The van der Waals surface area contributed by atoms with E-state index in [0.717, 1.165) is 23.5 Å². The van der Waals surface area contributed by atoms with Gasteiger partial charge in [-0.3, -0.25) is 0 Å². The van der Waals surface area contributed by atoms with Crippen molar-refractivity contribution in [1.29, 1.82) is 0 Å². The number of esters is 1. The van der Waals surface area contributed by atoms with E-state index < -0.39 is 23.7 Å². The lowest BCUT2D eigenvalue weighted by Crippen LogP contribution is -2.20. The highest BCUT2D eigenvalue weighted by Crippen LogP contribution is 2.30. The number of amides is 2. The van der Waals surface area contributed by atoms with Crippen molar-refractivity contribution >= 4 is 34.7 Å². The summed E-state index contributed by atoms with van der Waals surface area (Å²) in [7, 11) is 1.20. The Morgan fingerprint density at radius 2 is 1.91 bits per heavy atom. The van der Waals surface area contributed by atoms with Crippen molar-refractivity contribution in [1.82, 2.24) is 0 Å². The van der Waals surface area contributed by atoms with Crippen LogP contribution in [-0.4, -0.2) is 19.1 Å². The first-order chi connectivity index (χ1) is 10.8. The van der Waals surface area contributed by atoms with E-state index in [2.05, 4.69) is 15.4 Å². The highest BCUT2D eigenvalue weighted by molar-refractivity contribution is 7.12. The fourth-order valence-corrected chi connectivity index (χ4v) is 2.48. The molecule has 1 aromatic carbocycles. The van der Waals surface area contributed by atoms with Gasteiger partial charge in [0.1, 0.15) is 4.88 Å². The number of thiophene rings is 1. The minimum absolute atomic E-state index is 0.0211. The molecular formula is C14H11F3N2O3S. The summed E-state index contributed by atoms with van der Waals surface area (Å²) < 4.78 is 42.4. The Hall–Kier alpha value is -2.55. The Morgan fingerprint density at radius 3 is 2.57 bits per heavy atom. The molecule has 5 nitrogen and oxygen atoms in total. The summed E-state index contributed by atoms with van der Waals surface area (Å²) >= 11 is 1.07. The van der Waals surface area contributed by atoms with Gasteiger partial charge in [0, 0.05) is 5.69 Å². The van der Waals surface area contributed by atoms with Crippen LogP contribution in [0.25, 0.3) is 0 Å². The van der Waals surface area contributed by atoms with Crippen molar-refractivity contribution < 1.29 is 27.5 Å². The molecule has 9 heteroatoms. The monoisotopic (exact) mass is 344 g/mol. The molecule has 0 unspecified atom stereocenters. The number of anilines is 2. The van der Waals surface area contributed by atoms with Crippen LogP contribution in [0.1, 0.15) is 15.2 Å². The number of nitrogens with one attached hydrogen (secondary N) is 2. The summed E-state index contributed by atoms with van der Waals surface area (Å²) in [4.78, 5) is 23.5. The topological polar surface area (TPSA) is 67.4 Å². The van der Waals surface area contributed by atoms with Crippen LogP contribution in [0.5, 0.6) is 0 Å². The van der Waals surface area contributed by atoms with Crippen molar-refractivity contribution in [3.05, 3.63) is 46.2 Å². The summed E-state index contributed by atoms with van der Waals surface area (Å²) in [6.45, 7) is 0. The highest BCUT2D eigenvalue weighted by atomic mass is 32.1. The molecule has 0 radical (unpaired) electrons. The third kappa shape index (κ3) is 4.22. The normalized spacial score (nSPS) is 11.0. The Labute approximate surface area is 133 Å². The third-order valence-corrected chi connectivity index (χ3v) is 3.63. The van der Waals surface area contributed by atoms with Gasteiger partial charge in [-0.1, -0.05) is 6.07 Å².